The zero-order valence-corrected chi connectivity index (χ0v) is 16.1. The molecule has 5 heteroatoms. The van der Waals surface area contributed by atoms with Crippen LogP contribution in [0.3, 0.4) is 0 Å². The Morgan fingerprint density at radius 1 is 0.963 bits per heavy atom. The van der Waals surface area contributed by atoms with Gasteiger partial charge in [-0.3, -0.25) is 4.79 Å². The van der Waals surface area contributed by atoms with Crippen LogP contribution >= 0.6 is 0 Å². The van der Waals surface area contributed by atoms with E-state index < -0.39 is 11.8 Å². The highest BCUT2D eigenvalue weighted by molar-refractivity contribution is 6.15. The zero-order chi connectivity index (χ0) is 20.0. The number of phenolic OH excluding ortho intramolecular Hbond substituents is 1. The molecule has 0 bridgehead atoms. The highest BCUT2D eigenvalue weighted by Gasteiger charge is 2.21. The predicted molar refractivity (Wildman–Crippen MR) is 107 cm³/mol. The van der Waals surface area contributed by atoms with E-state index in [2.05, 4.69) is 18.7 Å². The average Bonchev–Trinajstić information content (AvgIpc) is 2.66. The van der Waals surface area contributed by atoms with Gasteiger partial charge in [-0.1, -0.05) is 44.9 Å². The normalized spacial score (nSPS) is 10.8. The number of carbonyl (C=O) groups is 2. The van der Waals surface area contributed by atoms with Crippen molar-refractivity contribution in [1.82, 2.24) is 0 Å². The second kappa shape index (κ2) is 9.21. The van der Waals surface area contributed by atoms with Gasteiger partial charge in [-0.2, -0.15) is 0 Å². The number of ketones is 1. The molecule has 0 amide bonds. The monoisotopic (exact) mass is 369 g/mol. The number of aromatic hydroxyl groups is 1. The van der Waals surface area contributed by atoms with Crippen molar-refractivity contribution in [1.29, 1.82) is 0 Å². The quantitative estimate of drug-likeness (QED) is 0.625. The van der Waals surface area contributed by atoms with Gasteiger partial charge >= 0.3 is 5.97 Å². The van der Waals surface area contributed by atoms with Crippen molar-refractivity contribution < 1.29 is 19.8 Å². The molecular weight excluding hydrogens is 342 g/mol. The van der Waals surface area contributed by atoms with Crippen LogP contribution in [0.2, 0.25) is 0 Å². The number of nitrogens with zero attached hydrogens (tertiary/aromatic N) is 1. The van der Waals surface area contributed by atoms with Crippen LogP contribution in [0.5, 0.6) is 5.75 Å². The molecule has 2 aromatic rings. The molecule has 0 saturated carbocycles. The molecular formula is C22H27NO4. The third-order valence-corrected chi connectivity index (χ3v) is 4.83. The lowest BCUT2D eigenvalue weighted by molar-refractivity contribution is 0.0692. The summed E-state index contributed by atoms with van der Waals surface area (Å²) >= 11 is 0. The number of hydrogen-bond acceptors (Lipinski definition) is 4. The van der Waals surface area contributed by atoms with Crippen LogP contribution < -0.4 is 4.90 Å². The Labute approximate surface area is 160 Å². The van der Waals surface area contributed by atoms with Gasteiger partial charge in [0, 0.05) is 30.4 Å². The second-order valence-corrected chi connectivity index (χ2v) is 6.72. The van der Waals surface area contributed by atoms with E-state index in [1.807, 2.05) is 7.05 Å². The van der Waals surface area contributed by atoms with Crippen molar-refractivity contribution in [2.45, 2.75) is 45.6 Å². The molecule has 5 nitrogen and oxygen atoms in total. The minimum absolute atomic E-state index is 0.0660. The number of benzene rings is 2. The van der Waals surface area contributed by atoms with E-state index in [-0.39, 0.29) is 22.4 Å². The first-order chi connectivity index (χ1) is 12.9. The van der Waals surface area contributed by atoms with E-state index >= 15 is 0 Å². The molecule has 0 aliphatic carbocycles. The maximum atomic E-state index is 12.8. The highest BCUT2D eigenvalue weighted by Crippen LogP contribution is 2.29. The Balaban J connectivity index is 2.34. The summed E-state index contributed by atoms with van der Waals surface area (Å²) in [4.78, 5) is 26.3. The molecule has 0 aliphatic heterocycles. The number of hydrogen-bond donors (Lipinski definition) is 2. The third kappa shape index (κ3) is 4.67. The maximum absolute atomic E-state index is 12.8. The van der Waals surface area contributed by atoms with Crippen molar-refractivity contribution >= 4 is 17.4 Å². The van der Waals surface area contributed by atoms with Crippen LogP contribution in [0.1, 0.15) is 65.8 Å². The first kappa shape index (κ1) is 20.5. The summed E-state index contributed by atoms with van der Waals surface area (Å²) in [6, 6.07) is 11.3. The van der Waals surface area contributed by atoms with Crippen LogP contribution in [0.4, 0.5) is 5.69 Å². The summed E-state index contributed by atoms with van der Waals surface area (Å²) in [6.07, 6.45) is 4.25. The number of rotatable bonds is 9. The Morgan fingerprint density at radius 3 is 2.07 bits per heavy atom. The Bertz CT molecular complexity index is 810. The zero-order valence-electron chi connectivity index (χ0n) is 16.1. The van der Waals surface area contributed by atoms with Gasteiger partial charge in [-0.15, -0.1) is 0 Å². The fourth-order valence-corrected chi connectivity index (χ4v) is 3.35. The molecule has 144 valence electrons. The third-order valence-electron chi connectivity index (χ3n) is 4.83. The smallest absolute Gasteiger partial charge is 0.336 e. The van der Waals surface area contributed by atoms with Crippen LogP contribution in [0, 0.1) is 0 Å². The molecule has 27 heavy (non-hydrogen) atoms. The first-order valence-corrected chi connectivity index (χ1v) is 9.33. The van der Waals surface area contributed by atoms with Gasteiger partial charge in [-0.25, -0.2) is 4.79 Å². The molecule has 0 spiro atoms. The van der Waals surface area contributed by atoms with E-state index in [1.54, 1.807) is 30.3 Å². The lowest BCUT2D eigenvalue weighted by Crippen LogP contribution is -2.31. The van der Waals surface area contributed by atoms with Gasteiger partial charge in [0.15, 0.2) is 5.78 Å². The van der Waals surface area contributed by atoms with E-state index in [0.717, 1.165) is 31.4 Å². The number of carboxylic acids is 1. The van der Waals surface area contributed by atoms with Gasteiger partial charge < -0.3 is 15.1 Å². The van der Waals surface area contributed by atoms with Crippen molar-refractivity contribution in [2.24, 2.45) is 0 Å². The minimum atomic E-state index is -1.17. The summed E-state index contributed by atoms with van der Waals surface area (Å²) in [5.41, 5.74) is 0.927. The highest BCUT2D eigenvalue weighted by atomic mass is 16.4. The lowest BCUT2D eigenvalue weighted by atomic mass is 9.97. The van der Waals surface area contributed by atoms with Gasteiger partial charge in [-0.05, 0) is 31.0 Å². The summed E-state index contributed by atoms with van der Waals surface area (Å²) in [5.74, 6) is -1.81. The van der Waals surface area contributed by atoms with Gasteiger partial charge in [0.05, 0.1) is 11.1 Å². The van der Waals surface area contributed by atoms with Gasteiger partial charge in [0.1, 0.15) is 5.75 Å². The first-order valence-electron chi connectivity index (χ1n) is 9.33. The van der Waals surface area contributed by atoms with Crippen molar-refractivity contribution in [2.75, 3.05) is 11.9 Å². The fraction of sp³-hybridized carbons (Fsp3) is 0.364. The molecule has 0 atom stereocenters. The number of aromatic carboxylic acids is 1. The molecule has 0 heterocycles. The van der Waals surface area contributed by atoms with Crippen molar-refractivity contribution in [3.05, 3.63) is 59.2 Å². The molecule has 2 N–H and O–H groups in total. The lowest BCUT2D eigenvalue weighted by Gasteiger charge is -2.30. The second-order valence-electron chi connectivity index (χ2n) is 6.72. The van der Waals surface area contributed by atoms with Gasteiger partial charge in [0.25, 0.3) is 0 Å². The number of carbonyl (C=O) groups excluding carboxylic acids is 1. The summed E-state index contributed by atoms with van der Waals surface area (Å²) < 4.78 is 0. The Morgan fingerprint density at radius 2 is 1.56 bits per heavy atom. The molecule has 2 aromatic carbocycles. The minimum Gasteiger partial charge on any atom is -0.507 e. The topological polar surface area (TPSA) is 77.8 Å². The van der Waals surface area contributed by atoms with Gasteiger partial charge in [0.2, 0.25) is 0 Å². The van der Waals surface area contributed by atoms with Crippen molar-refractivity contribution in [3.63, 3.8) is 0 Å². The Kier molecular flexibility index (Phi) is 6.99. The summed E-state index contributed by atoms with van der Waals surface area (Å²) in [6.45, 7) is 4.30. The SMILES string of the molecule is CCCC(CCC)N(C)c1ccc(C(=O)c2ccccc2C(=O)O)c(O)c1. The Hall–Kier alpha value is -2.82. The van der Waals surface area contributed by atoms with Crippen LogP contribution in [-0.4, -0.2) is 35.1 Å². The predicted octanol–water partition coefficient (Wildman–Crippen LogP) is 4.73. The average molecular weight is 369 g/mol. The molecule has 0 fully saturated rings. The van der Waals surface area contributed by atoms with E-state index in [4.69, 9.17) is 0 Å². The number of anilines is 1. The number of carboxylic acid groups (broad SMARTS) is 1. The molecule has 2 rings (SSSR count). The van der Waals surface area contributed by atoms with Crippen LogP contribution in [0.15, 0.2) is 42.5 Å². The molecule has 0 aromatic heterocycles. The largest absolute Gasteiger partial charge is 0.507 e. The van der Waals surface area contributed by atoms with Crippen molar-refractivity contribution in [3.8, 4) is 5.75 Å². The molecule has 0 saturated heterocycles. The number of phenols is 1. The summed E-state index contributed by atoms with van der Waals surface area (Å²) in [5, 5.41) is 19.7. The van der Waals surface area contributed by atoms with E-state index in [0.29, 0.717) is 6.04 Å². The maximum Gasteiger partial charge on any atom is 0.336 e. The van der Waals surface area contributed by atoms with Crippen LogP contribution in [0.25, 0.3) is 0 Å². The molecule has 0 aliphatic rings. The standard InChI is InChI=1S/C22H27NO4/c1-4-8-15(9-5-2)23(3)16-12-13-19(20(24)14-16)21(25)17-10-6-7-11-18(17)22(26)27/h6-7,10-15,24H,4-5,8-9H2,1-3H3,(H,26,27). The fourth-order valence-electron chi connectivity index (χ4n) is 3.35. The van der Waals surface area contributed by atoms with E-state index in [9.17, 15) is 19.8 Å². The molecule has 0 radical (unpaired) electrons. The summed E-state index contributed by atoms with van der Waals surface area (Å²) in [7, 11) is 1.99. The van der Waals surface area contributed by atoms with E-state index in [1.165, 1.54) is 12.1 Å². The van der Waals surface area contributed by atoms with Crippen LogP contribution in [-0.2, 0) is 0 Å². The molecule has 0 unspecified atom stereocenters.